The summed E-state index contributed by atoms with van der Waals surface area (Å²) in [7, 11) is 2.08. The molecule has 0 aliphatic carbocycles. The smallest absolute Gasteiger partial charge is 0.265 e. The van der Waals surface area contributed by atoms with Crippen LogP contribution in [-0.4, -0.2) is 10.7 Å². The first-order valence-electron chi connectivity index (χ1n) is 8.57. The standard InChI is InChI=1S/C22H21N3O/c1-14-10-18(21(13-23)24-4)12-19(26-14)8-6-17-7-9-22-20(11-17)15(2)16(3)25(22)5/h6-9,11-12,14H,10H2,1-3,5H3/b8-6+,21-18-. The molecule has 4 nitrogen and oxygen atoms in total. The predicted molar refractivity (Wildman–Crippen MR) is 104 cm³/mol. The van der Waals surface area contributed by atoms with Crippen LogP contribution in [0.3, 0.4) is 0 Å². The highest BCUT2D eigenvalue weighted by atomic mass is 16.5. The normalized spacial score (nSPS) is 19.0. The number of benzene rings is 1. The van der Waals surface area contributed by atoms with Crippen LogP contribution in [0.5, 0.6) is 0 Å². The number of fused-ring (bicyclic) bond motifs is 1. The molecular formula is C22H21N3O. The van der Waals surface area contributed by atoms with Crippen molar-refractivity contribution in [3.05, 3.63) is 75.6 Å². The van der Waals surface area contributed by atoms with Gasteiger partial charge in [0.1, 0.15) is 5.76 Å². The quantitative estimate of drug-likeness (QED) is 0.556. The molecule has 0 spiro atoms. The topological polar surface area (TPSA) is 42.3 Å². The van der Waals surface area contributed by atoms with Gasteiger partial charge >= 0.3 is 0 Å². The summed E-state index contributed by atoms with van der Waals surface area (Å²) in [5, 5.41) is 10.3. The molecule has 1 unspecified atom stereocenters. The predicted octanol–water partition coefficient (Wildman–Crippen LogP) is 5.20. The highest BCUT2D eigenvalue weighted by molar-refractivity contribution is 5.87. The van der Waals surface area contributed by atoms with E-state index in [9.17, 15) is 0 Å². The molecule has 1 atom stereocenters. The zero-order valence-electron chi connectivity index (χ0n) is 15.5. The highest BCUT2D eigenvalue weighted by Crippen LogP contribution is 2.28. The van der Waals surface area contributed by atoms with Gasteiger partial charge in [-0.2, -0.15) is 0 Å². The first-order chi connectivity index (χ1) is 12.4. The van der Waals surface area contributed by atoms with E-state index < -0.39 is 0 Å². The minimum Gasteiger partial charge on any atom is -0.490 e. The van der Waals surface area contributed by atoms with Crippen LogP contribution in [0.2, 0.25) is 0 Å². The Morgan fingerprint density at radius 1 is 1.38 bits per heavy atom. The van der Waals surface area contributed by atoms with Gasteiger partial charge in [-0.3, -0.25) is 0 Å². The summed E-state index contributed by atoms with van der Waals surface area (Å²) in [6.45, 7) is 13.4. The number of aryl methyl sites for hydroxylation is 2. The Hall–Kier alpha value is -3.24. The minimum absolute atomic E-state index is 0.0544. The van der Waals surface area contributed by atoms with Crippen molar-refractivity contribution in [3.8, 4) is 6.07 Å². The first kappa shape index (κ1) is 17.6. The second-order valence-electron chi connectivity index (χ2n) is 6.66. The summed E-state index contributed by atoms with van der Waals surface area (Å²) in [5.41, 5.74) is 5.75. The number of hydrogen-bond acceptors (Lipinski definition) is 2. The van der Waals surface area contributed by atoms with Crippen LogP contribution in [0.15, 0.2) is 47.4 Å². The van der Waals surface area contributed by atoms with Gasteiger partial charge in [0.15, 0.2) is 0 Å². The van der Waals surface area contributed by atoms with Crippen molar-refractivity contribution in [3.63, 3.8) is 0 Å². The number of ether oxygens (including phenoxy) is 1. The monoisotopic (exact) mass is 343 g/mol. The van der Waals surface area contributed by atoms with Gasteiger partial charge in [-0.05, 0) is 61.8 Å². The molecule has 0 fully saturated rings. The maximum Gasteiger partial charge on any atom is 0.265 e. The molecule has 4 heteroatoms. The summed E-state index contributed by atoms with van der Waals surface area (Å²) in [5.74, 6) is 0.677. The largest absolute Gasteiger partial charge is 0.490 e. The number of nitrogens with zero attached hydrogens (tertiary/aromatic N) is 3. The number of allylic oxidation sites excluding steroid dienone is 3. The molecule has 1 aliphatic rings. The van der Waals surface area contributed by atoms with E-state index >= 15 is 0 Å². The molecule has 0 saturated carbocycles. The molecule has 2 heterocycles. The van der Waals surface area contributed by atoms with Gasteiger partial charge in [0, 0.05) is 30.1 Å². The van der Waals surface area contributed by atoms with Crippen LogP contribution >= 0.6 is 0 Å². The molecule has 1 aromatic heterocycles. The van der Waals surface area contributed by atoms with Crippen molar-refractivity contribution in [2.45, 2.75) is 33.3 Å². The van der Waals surface area contributed by atoms with Crippen LogP contribution in [0.25, 0.3) is 21.8 Å². The summed E-state index contributed by atoms with van der Waals surface area (Å²) in [6.07, 6.45) is 6.23. The van der Waals surface area contributed by atoms with Gasteiger partial charge in [-0.1, -0.05) is 12.1 Å². The van der Waals surface area contributed by atoms with Crippen molar-refractivity contribution < 1.29 is 4.74 Å². The summed E-state index contributed by atoms with van der Waals surface area (Å²) < 4.78 is 8.04. The number of rotatable bonds is 2. The SMILES string of the molecule is [C-]#[N+]/C(C#N)=C1C=C(/C=C/c2ccc3c(c2)c(C)c(C)n3C)OC(C)C\1. The summed E-state index contributed by atoms with van der Waals surface area (Å²) in [4.78, 5) is 3.31. The third-order valence-electron chi connectivity index (χ3n) is 4.95. The molecule has 0 N–H and O–H groups in total. The minimum atomic E-state index is -0.0544. The Kier molecular flexibility index (Phi) is 4.69. The second-order valence-corrected chi connectivity index (χ2v) is 6.66. The van der Waals surface area contributed by atoms with Gasteiger partial charge in [0.2, 0.25) is 0 Å². The number of aromatic nitrogens is 1. The lowest BCUT2D eigenvalue weighted by molar-refractivity contribution is 0.133. The average Bonchev–Trinajstić information content (AvgIpc) is 2.85. The fraction of sp³-hybridized carbons (Fsp3) is 0.273. The molecule has 0 amide bonds. The molecule has 2 aromatic rings. The van der Waals surface area contributed by atoms with Crippen LogP contribution < -0.4 is 0 Å². The van der Waals surface area contributed by atoms with E-state index in [0.29, 0.717) is 12.2 Å². The molecule has 26 heavy (non-hydrogen) atoms. The molecule has 1 aromatic carbocycles. The Balaban J connectivity index is 1.96. The van der Waals surface area contributed by atoms with Gasteiger partial charge in [-0.15, -0.1) is 0 Å². The third kappa shape index (κ3) is 3.15. The highest BCUT2D eigenvalue weighted by Gasteiger charge is 2.17. The molecule has 0 radical (unpaired) electrons. The Morgan fingerprint density at radius 3 is 2.85 bits per heavy atom. The van der Waals surface area contributed by atoms with Gasteiger partial charge in [0.25, 0.3) is 5.70 Å². The number of nitriles is 1. The molecular weight excluding hydrogens is 322 g/mol. The van der Waals surface area contributed by atoms with E-state index in [-0.39, 0.29) is 11.8 Å². The van der Waals surface area contributed by atoms with Gasteiger partial charge in [0.05, 0.1) is 18.7 Å². The maximum absolute atomic E-state index is 9.10. The molecule has 1 aliphatic heterocycles. The lowest BCUT2D eigenvalue weighted by Crippen LogP contribution is -2.13. The third-order valence-corrected chi connectivity index (χ3v) is 4.95. The second kappa shape index (κ2) is 6.94. The Morgan fingerprint density at radius 2 is 2.15 bits per heavy atom. The Bertz CT molecular complexity index is 1040. The van der Waals surface area contributed by atoms with E-state index in [1.165, 1.54) is 22.2 Å². The van der Waals surface area contributed by atoms with E-state index in [2.05, 4.69) is 48.5 Å². The summed E-state index contributed by atoms with van der Waals surface area (Å²) >= 11 is 0. The fourth-order valence-corrected chi connectivity index (χ4v) is 3.33. The van der Waals surface area contributed by atoms with Crippen molar-refractivity contribution in [1.29, 1.82) is 5.26 Å². The van der Waals surface area contributed by atoms with Gasteiger partial charge in [-0.25, -0.2) is 10.1 Å². The molecule has 0 bridgehead atoms. The number of hydrogen-bond donors (Lipinski definition) is 0. The van der Waals surface area contributed by atoms with E-state index in [1.54, 1.807) is 6.08 Å². The molecule has 0 saturated heterocycles. The maximum atomic E-state index is 9.10. The van der Waals surface area contributed by atoms with Crippen LogP contribution in [0, 0.1) is 31.8 Å². The van der Waals surface area contributed by atoms with Crippen molar-refractivity contribution >= 4 is 17.0 Å². The van der Waals surface area contributed by atoms with Crippen LogP contribution in [-0.2, 0) is 11.8 Å². The zero-order valence-corrected chi connectivity index (χ0v) is 15.5. The lowest BCUT2D eigenvalue weighted by Gasteiger charge is -2.22. The van der Waals surface area contributed by atoms with Crippen molar-refractivity contribution in [2.75, 3.05) is 0 Å². The first-order valence-corrected chi connectivity index (χ1v) is 8.57. The molecule has 3 rings (SSSR count). The Labute approximate surface area is 154 Å². The van der Waals surface area contributed by atoms with Crippen LogP contribution in [0.4, 0.5) is 0 Å². The summed E-state index contributed by atoms with van der Waals surface area (Å²) in [6, 6.07) is 8.36. The van der Waals surface area contributed by atoms with E-state index in [0.717, 1.165) is 11.1 Å². The van der Waals surface area contributed by atoms with E-state index in [4.69, 9.17) is 16.6 Å². The van der Waals surface area contributed by atoms with Crippen LogP contribution in [0.1, 0.15) is 30.2 Å². The average molecular weight is 343 g/mol. The zero-order chi connectivity index (χ0) is 18.8. The van der Waals surface area contributed by atoms with E-state index in [1.807, 2.05) is 25.1 Å². The fourth-order valence-electron chi connectivity index (χ4n) is 3.33. The van der Waals surface area contributed by atoms with Crippen molar-refractivity contribution in [1.82, 2.24) is 4.57 Å². The van der Waals surface area contributed by atoms with Gasteiger partial charge < -0.3 is 9.30 Å². The van der Waals surface area contributed by atoms with Crippen molar-refractivity contribution in [2.24, 2.45) is 7.05 Å². The molecule has 130 valence electrons. The lowest BCUT2D eigenvalue weighted by atomic mass is 10.0.